The fourth-order valence-electron chi connectivity index (χ4n) is 1.33. The van der Waals surface area contributed by atoms with Gasteiger partial charge in [0.25, 0.3) is 0 Å². The van der Waals surface area contributed by atoms with Crippen LogP contribution in [0.5, 0.6) is 5.75 Å². The first kappa shape index (κ1) is 12.9. The predicted octanol–water partition coefficient (Wildman–Crippen LogP) is 2.70. The molecular weight excluding hydrogens is 222 g/mol. The van der Waals surface area contributed by atoms with Crippen molar-refractivity contribution in [3.05, 3.63) is 23.8 Å². The molecule has 1 aromatic carbocycles. The van der Waals surface area contributed by atoms with E-state index >= 15 is 0 Å². The summed E-state index contributed by atoms with van der Waals surface area (Å²) in [5, 5.41) is 2.86. The van der Waals surface area contributed by atoms with Crippen molar-refractivity contribution in [1.29, 1.82) is 0 Å². The summed E-state index contributed by atoms with van der Waals surface area (Å²) in [5.74, 6) is 1.56. The second-order valence-electron chi connectivity index (χ2n) is 3.49. The molecule has 0 atom stereocenters. The minimum Gasteiger partial charge on any atom is -0.495 e. The lowest BCUT2D eigenvalue weighted by molar-refractivity contribution is -0.115. The molecule has 0 aliphatic carbocycles. The van der Waals surface area contributed by atoms with Gasteiger partial charge in [-0.25, -0.2) is 0 Å². The average Bonchev–Trinajstić information content (AvgIpc) is 2.27. The van der Waals surface area contributed by atoms with E-state index in [0.29, 0.717) is 12.2 Å². The third kappa shape index (κ3) is 3.77. The molecule has 0 unspecified atom stereocenters. The smallest absolute Gasteiger partial charge is 0.225 e. The van der Waals surface area contributed by atoms with E-state index in [-0.39, 0.29) is 5.91 Å². The molecule has 1 amide bonds. The Morgan fingerprint density at radius 3 is 2.88 bits per heavy atom. The van der Waals surface area contributed by atoms with E-state index in [1.54, 1.807) is 18.9 Å². The molecule has 1 rings (SSSR count). The minimum absolute atomic E-state index is 0.0262. The molecule has 0 radical (unpaired) electrons. The lowest BCUT2D eigenvalue weighted by Crippen LogP contribution is -2.13. The first-order valence-electron chi connectivity index (χ1n) is 5.11. The van der Waals surface area contributed by atoms with Gasteiger partial charge in [-0.2, -0.15) is 11.8 Å². The maximum absolute atomic E-state index is 11.6. The van der Waals surface area contributed by atoms with Crippen molar-refractivity contribution in [3.8, 4) is 5.75 Å². The lowest BCUT2D eigenvalue weighted by atomic mass is 10.2. The first-order chi connectivity index (χ1) is 7.67. The monoisotopic (exact) mass is 239 g/mol. The Morgan fingerprint density at radius 2 is 2.25 bits per heavy atom. The van der Waals surface area contributed by atoms with Crippen LogP contribution in [0, 0.1) is 6.92 Å². The van der Waals surface area contributed by atoms with Crippen LogP contribution in [0.4, 0.5) is 5.69 Å². The standard InChI is InChI=1S/C12H17NO2S/c1-9-4-5-11(15-2)10(8-9)13-12(14)6-7-16-3/h4-5,8H,6-7H2,1-3H3,(H,13,14). The SMILES string of the molecule is COc1ccc(C)cc1NC(=O)CCSC. The normalized spacial score (nSPS) is 9.94. The fraction of sp³-hybridized carbons (Fsp3) is 0.417. The van der Waals surface area contributed by atoms with Crippen LogP contribution >= 0.6 is 11.8 Å². The van der Waals surface area contributed by atoms with Gasteiger partial charge in [0.2, 0.25) is 5.91 Å². The highest BCUT2D eigenvalue weighted by Crippen LogP contribution is 2.25. The molecule has 0 fully saturated rings. The number of amides is 1. The maximum Gasteiger partial charge on any atom is 0.225 e. The number of anilines is 1. The summed E-state index contributed by atoms with van der Waals surface area (Å²) in [6.45, 7) is 1.98. The van der Waals surface area contributed by atoms with Crippen molar-refractivity contribution in [2.75, 3.05) is 24.4 Å². The number of carbonyl (C=O) groups excluding carboxylic acids is 1. The highest BCUT2D eigenvalue weighted by molar-refractivity contribution is 7.98. The zero-order valence-corrected chi connectivity index (χ0v) is 10.7. The van der Waals surface area contributed by atoms with Crippen LogP contribution in [0.1, 0.15) is 12.0 Å². The van der Waals surface area contributed by atoms with Crippen LogP contribution in [0.15, 0.2) is 18.2 Å². The van der Waals surface area contributed by atoms with Crippen LogP contribution in [0.25, 0.3) is 0 Å². The van der Waals surface area contributed by atoms with Gasteiger partial charge in [-0.1, -0.05) is 6.07 Å². The summed E-state index contributed by atoms with van der Waals surface area (Å²) in [5.41, 5.74) is 1.84. The largest absolute Gasteiger partial charge is 0.495 e. The first-order valence-corrected chi connectivity index (χ1v) is 6.50. The van der Waals surface area contributed by atoms with Gasteiger partial charge in [0.05, 0.1) is 12.8 Å². The van der Waals surface area contributed by atoms with Crippen molar-refractivity contribution in [2.24, 2.45) is 0 Å². The molecule has 0 saturated heterocycles. The molecule has 4 heteroatoms. The Morgan fingerprint density at radius 1 is 1.50 bits per heavy atom. The van der Waals surface area contributed by atoms with E-state index in [1.807, 2.05) is 31.4 Å². The van der Waals surface area contributed by atoms with Crippen molar-refractivity contribution < 1.29 is 9.53 Å². The number of aryl methyl sites for hydroxylation is 1. The van der Waals surface area contributed by atoms with Crippen LogP contribution in [-0.2, 0) is 4.79 Å². The molecule has 1 N–H and O–H groups in total. The summed E-state index contributed by atoms with van der Waals surface area (Å²) in [6.07, 6.45) is 2.51. The number of thioether (sulfide) groups is 1. The van der Waals surface area contributed by atoms with Gasteiger partial charge >= 0.3 is 0 Å². The third-order valence-corrected chi connectivity index (χ3v) is 2.77. The number of ether oxygens (including phenoxy) is 1. The zero-order valence-electron chi connectivity index (χ0n) is 9.87. The van der Waals surface area contributed by atoms with E-state index in [4.69, 9.17) is 4.74 Å². The van der Waals surface area contributed by atoms with E-state index in [9.17, 15) is 4.79 Å². The van der Waals surface area contributed by atoms with E-state index in [2.05, 4.69) is 5.32 Å². The van der Waals surface area contributed by atoms with Gasteiger partial charge < -0.3 is 10.1 Å². The molecule has 0 bridgehead atoms. The van der Waals surface area contributed by atoms with Crippen molar-refractivity contribution in [3.63, 3.8) is 0 Å². The van der Waals surface area contributed by atoms with Crippen LogP contribution in [0.3, 0.4) is 0 Å². The highest BCUT2D eigenvalue weighted by atomic mass is 32.2. The topological polar surface area (TPSA) is 38.3 Å². The molecule has 0 spiro atoms. The van der Waals surface area contributed by atoms with E-state index in [1.165, 1.54) is 0 Å². The molecule has 0 saturated carbocycles. The molecular formula is C12H17NO2S. The lowest BCUT2D eigenvalue weighted by Gasteiger charge is -2.10. The Kier molecular flexibility index (Phi) is 5.19. The Hall–Kier alpha value is -1.16. The van der Waals surface area contributed by atoms with Gasteiger partial charge in [-0.15, -0.1) is 0 Å². The highest BCUT2D eigenvalue weighted by Gasteiger charge is 2.07. The number of rotatable bonds is 5. The quantitative estimate of drug-likeness (QED) is 0.858. The maximum atomic E-state index is 11.6. The summed E-state index contributed by atoms with van der Waals surface area (Å²) < 4.78 is 5.19. The molecule has 0 aromatic heterocycles. The van der Waals surface area contributed by atoms with E-state index in [0.717, 1.165) is 17.0 Å². The average molecular weight is 239 g/mol. The van der Waals surface area contributed by atoms with Crippen LogP contribution in [0.2, 0.25) is 0 Å². The summed E-state index contributed by atoms with van der Waals surface area (Å²) in [6, 6.07) is 5.73. The summed E-state index contributed by atoms with van der Waals surface area (Å²) in [4.78, 5) is 11.6. The van der Waals surface area contributed by atoms with Crippen molar-refractivity contribution in [2.45, 2.75) is 13.3 Å². The molecule has 0 heterocycles. The number of methoxy groups -OCH3 is 1. The Balaban J connectivity index is 2.71. The van der Waals surface area contributed by atoms with Gasteiger partial charge in [0, 0.05) is 12.2 Å². The molecule has 0 aliphatic rings. The molecule has 16 heavy (non-hydrogen) atoms. The predicted molar refractivity (Wildman–Crippen MR) is 69.4 cm³/mol. The number of nitrogens with one attached hydrogen (secondary N) is 1. The second-order valence-corrected chi connectivity index (χ2v) is 4.48. The molecule has 1 aromatic rings. The summed E-state index contributed by atoms with van der Waals surface area (Å²) in [7, 11) is 1.60. The van der Waals surface area contributed by atoms with Crippen molar-refractivity contribution in [1.82, 2.24) is 0 Å². The number of benzene rings is 1. The number of carbonyl (C=O) groups is 1. The minimum atomic E-state index is 0.0262. The van der Waals surface area contributed by atoms with Gasteiger partial charge in [-0.3, -0.25) is 4.79 Å². The Bertz CT molecular complexity index is 366. The summed E-state index contributed by atoms with van der Waals surface area (Å²) >= 11 is 1.66. The molecule has 0 aliphatic heterocycles. The number of hydrogen-bond donors (Lipinski definition) is 1. The third-order valence-electron chi connectivity index (χ3n) is 2.16. The van der Waals surface area contributed by atoms with E-state index < -0.39 is 0 Å². The fourth-order valence-corrected chi connectivity index (χ4v) is 1.72. The Labute approximate surface area is 101 Å². The molecule has 3 nitrogen and oxygen atoms in total. The second kappa shape index (κ2) is 6.43. The van der Waals surface area contributed by atoms with Gasteiger partial charge in [-0.05, 0) is 30.9 Å². The van der Waals surface area contributed by atoms with Gasteiger partial charge in [0.1, 0.15) is 5.75 Å². The molecule has 88 valence electrons. The van der Waals surface area contributed by atoms with Crippen LogP contribution in [-0.4, -0.2) is 25.0 Å². The van der Waals surface area contributed by atoms with Gasteiger partial charge in [0.15, 0.2) is 0 Å². The van der Waals surface area contributed by atoms with Crippen molar-refractivity contribution >= 4 is 23.4 Å². The van der Waals surface area contributed by atoms with Crippen LogP contribution < -0.4 is 10.1 Å². The number of hydrogen-bond acceptors (Lipinski definition) is 3. The zero-order chi connectivity index (χ0) is 12.0.